The third kappa shape index (κ3) is 5.62. The van der Waals surface area contributed by atoms with Gasteiger partial charge in [0.05, 0.1) is 13.1 Å². The molecular weight excluding hydrogens is 324 g/mol. The molecule has 0 aromatic carbocycles. The zero-order valence-electron chi connectivity index (χ0n) is 14.8. The number of furan rings is 1. The Morgan fingerprint density at radius 2 is 2.00 bits per heavy atom. The van der Waals surface area contributed by atoms with Gasteiger partial charge in [-0.2, -0.15) is 0 Å². The maximum atomic E-state index is 12.1. The molecule has 0 saturated heterocycles. The number of aromatic carboxylic acids is 1. The summed E-state index contributed by atoms with van der Waals surface area (Å²) in [6.45, 7) is 1.66. The van der Waals surface area contributed by atoms with Crippen molar-refractivity contribution in [3.8, 4) is 0 Å². The van der Waals surface area contributed by atoms with Gasteiger partial charge in [0.15, 0.2) is 0 Å². The molecule has 0 radical (unpaired) electrons. The number of hydrogen-bond donors (Lipinski definition) is 2. The number of carboxylic acids is 1. The molecule has 1 saturated carbocycles. The van der Waals surface area contributed by atoms with Crippen LogP contribution in [0.3, 0.4) is 0 Å². The fourth-order valence-corrected chi connectivity index (χ4v) is 3.19. The van der Waals surface area contributed by atoms with Crippen molar-refractivity contribution in [2.45, 2.75) is 52.0 Å². The van der Waals surface area contributed by atoms with E-state index in [4.69, 9.17) is 9.52 Å². The predicted octanol–water partition coefficient (Wildman–Crippen LogP) is 2.33. The van der Waals surface area contributed by atoms with E-state index in [2.05, 4.69) is 5.32 Å². The number of amides is 2. The lowest BCUT2D eigenvalue weighted by molar-refractivity contribution is -0.132. The van der Waals surface area contributed by atoms with Crippen LogP contribution in [0.5, 0.6) is 0 Å². The van der Waals surface area contributed by atoms with Gasteiger partial charge >= 0.3 is 5.97 Å². The molecule has 7 nitrogen and oxygen atoms in total. The molecule has 25 heavy (non-hydrogen) atoms. The SMILES string of the molecule is Cc1oc(CN(C)C(=O)CNC(=O)CCC2CCCC2)cc1C(=O)O. The normalized spacial score (nSPS) is 14.5. The summed E-state index contributed by atoms with van der Waals surface area (Å²) in [7, 11) is 1.59. The van der Waals surface area contributed by atoms with E-state index in [1.165, 1.54) is 36.6 Å². The zero-order valence-corrected chi connectivity index (χ0v) is 14.8. The van der Waals surface area contributed by atoms with Crippen LogP contribution in [0.2, 0.25) is 0 Å². The summed E-state index contributed by atoms with van der Waals surface area (Å²) < 4.78 is 5.36. The average Bonchev–Trinajstić information content (AvgIpc) is 3.20. The first-order valence-corrected chi connectivity index (χ1v) is 8.70. The number of carbonyl (C=O) groups is 3. The van der Waals surface area contributed by atoms with E-state index in [9.17, 15) is 14.4 Å². The molecule has 1 aromatic heterocycles. The Balaban J connectivity index is 1.73. The minimum atomic E-state index is -1.06. The van der Waals surface area contributed by atoms with Crippen LogP contribution in [0.1, 0.15) is 60.4 Å². The monoisotopic (exact) mass is 350 g/mol. The molecule has 0 aliphatic heterocycles. The lowest BCUT2D eigenvalue weighted by Gasteiger charge is -2.16. The molecule has 0 atom stereocenters. The van der Waals surface area contributed by atoms with Crippen molar-refractivity contribution >= 4 is 17.8 Å². The first kappa shape index (κ1) is 19.0. The Morgan fingerprint density at radius 1 is 1.32 bits per heavy atom. The molecular formula is C18H26N2O5. The van der Waals surface area contributed by atoms with Gasteiger partial charge in [0.2, 0.25) is 11.8 Å². The van der Waals surface area contributed by atoms with Gasteiger partial charge in [0.1, 0.15) is 17.1 Å². The van der Waals surface area contributed by atoms with Crippen molar-refractivity contribution in [1.29, 1.82) is 0 Å². The average molecular weight is 350 g/mol. The van der Waals surface area contributed by atoms with Crippen LogP contribution in [0.25, 0.3) is 0 Å². The quantitative estimate of drug-likeness (QED) is 0.749. The van der Waals surface area contributed by atoms with Crippen molar-refractivity contribution in [3.63, 3.8) is 0 Å². The highest BCUT2D eigenvalue weighted by Gasteiger charge is 2.18. The molecule has 1 aliphatic rings. The summed E-state index contributed by atoms with van der Waals surface area (Å²) in [5, 5.41) is 11.7. The third-order valence-electron chi connectivity index (χ3n) is 4.71. The van der Waals surface area contributed by atoms with Crippen molar-refractivity contribution in [2.75, 3.05) is 13.6 Å². The topological polar surface area (TPSA) is 99.9 Å². The number of nitrogens with zero attached hydrogens (tertiary/aromatic N) is 1. The van der Waals surface area contributed by atoms with E-state index in [0.717, 1.165) is 6.42 Å². The summed E-state index contributed by atoms with van der Waals surface area (Å²) in [6.07, 6.45) is 6.27. The van der Waals surface area contributed by atoms with Gasteiger partial charge in [-0.05, 0) is 25.3 Å². The summed E-state index contributed by atoms with van der Waals surface area (Å²) in [6, 6.07) is 1.42. The molecule has 1 aliphatic carbocycles. The van der Waals surface area contributed by atoms with Crippen LogP contribution in [-0.4, -0.2) is 41.4 Å². The first-order chi connectivity index (χ1) is 11.9. The van der Waals surface area contributed by atoms with Crippen molar-refractivity contribution in [2.24, 2.45) is 5.92 Å². The van der Waals surface area contributed by atoms with Crippen LogP contribution in [0.4, 0.5) is 0 Å². The van der Waals surface area contributed by atoms with E-state index < -0.39 is 5.97 Å². The first-order valence-electron chi connectivity index (χ1n) is 8.70. The Labute approximate surface area is 147 Å². The van der Waals surface area contributed by atoms with Crippen LogP contribution >= 0.6 is 0 Å². The van der Waals surface area contributed by atoms with E-state index in [1.54, 1.807) is 14.0 Å². The fourth-order valence-electron chi connectivity index (χ4n) is 3.19. The summed E-state index contributed by atoms with van der Waals surface area (Å²) in [5.74, 6) is -0.0524. The lowest BCUT2D eigenvalue weighted by Crippen LogP contribution is -2.37. The van der Waals surface area contributed by atoms with Gasteiger partial charge in [0, 0.05) is 13.5 Å². The number of carbonyl (C=O) groups excluding carboxylic acids is 2. The lowest BCUT2D eigenvalue weighted by atomic mass is 10.0. The smallest absolute Gasteiger partial charge is 0.339 e. The largest absolute Gasteiger partial charge is 0.478 e. The van der Waals surface area contributed by atoms with E-state index in [1.807, 2.05) is 0 Å². The van der Waals surface area contributed by atoms with Gasteiger partial charge < -0.3 is 19.7 Å². The van der Waals surface area contributed by atoms with Crippen molar-refractivity contribution < 1.29 is 23.9 Å². The molecule has 7 heteroatoms. The summed E-state index contributed by atoms with van der Waals surface area (Å²) in [4.78, 5) is 36.3. The molecule has 1 heterocycles. The van der Waals surface area contributed by atoms with E-state index in [-0.39, 0.29) is 30.5 Å². The molecule has 0 spiro atoms. The Bertz CT molecular complexity index is 631. The Morgan fingerprint density at radius 3 is 2.60 bits per heavy atom. The van der Waals surface area contributed by atoms with Crippen LogP contribution < -0.4 is 5.32 Å². The minimum absolute atomic E-state index is 0.0640. The number of rotatable bonds is 8. The molecule has 2 N–H and O–H groups in total. The van der Waals surface area contributed by atoms with Crippen LogP contribution in [0, 0.1) is 12.8 Å². The highest BCUT2D eigenvalue weighted by Crippen LogP contribution is 2.28. The van der Waals surface area contributed by atoms with Gasteiger partial charge in [0.25, 0.3) is 0 Å². The molecule has 2 amide bonds. The highest BCUT2D eigenvalue weighted by atomic mass is 16.4. The van der Waals surface area contributed by atoms with E-state index >= 15 is 0 Å². The predicted molar refractivity (Wildman–Crippen MR) is 91.1 cm³/mol. The second-order valence-corrected chi connectivity index (χ2v) is 6.70. The Kier molecular flexibility index (Phi) is 6.61. The zero-order chi connectivity index (χ0) is 18.4. The maximum Gasteiger partial charge on any atom is 0.339 e. The van der Waals surface area contributed by atoms with E-state index in [0.29, 0.717) is 23.9 Å². The van der Waals surface area contributed by atoms with Gasteiger partial charge in [-0.3, -0.25) is 9.59 Å². The van der Waals surface area contributed by atoms with Gasteiger partial charge in [-0.15, -0.1) is 0 Å². The molecule has 1 aromatic rings. The minimum Gasteiger partial charge on any atom is -0.478 e. The standard InChI is InChI=1S/C18H26N2O5/c1-12-15(18(23)24)9-14(25-12)11-20(2)17(22)10-19-16(21)8-7-13-5-3-4-6-13/h9,13H,3-8,10-11H2,1-2H3,(H,19,21)(H,23,24). The second-order valence-electron chi connectivity index (χ2n) is 6.70. The Hall–Kier alpha value is -2.31. The third-order valence-corrected chi connectivity index (χ3v) is 4.71. The second kappa shape index (κ2) is 8.69. The fraction of sp³-hybridized carbons (Fsp3) is 0.611. The summed E-state index contributed by atoms with van der Waals surface area (Å²) >= 11 is 0. The number of nitrogens with one attached hydrogen (secondary N) is 1. The molecule has 0 bridgehead atoms. The van der Waals surface area contributed by atoms with Gasteiger partial charge in [-0.25, -0.2) is 4.79 Å². The summed E-state index contributed by atoms with van der Waals surface area (Å²) in [5.41, 5.74) is 0.0936. The molecule has 0 unspecified atom stereocenters. The highest BCUT2D eigenvalue weighted by molar-refractivity contribution is 5.89. The molecule has 2 rings (SSSR count). The van der Waals surface area contributed by atoms with Crippen LogP contribution in [-0.2, 0) is 16.1 Å². The van der Waals surface area contributed by atoms with Gasteiger partial charge in [-0.1, -0.05) is 25.7 Å². The van der Waals surface area contributed by atoms with Crippen molar-refractivity contribution in [3.05, 3.63) is 23.2 Å². The number of hydrogen-bond acceptors (Lipinski definition) is 4. The number of carboxylic acid groups (broad SMARTS) is 1. The van der Waals surface area contributed by atoms with Crippen LogP contribution in [0.15, 0.2) is 10.5 Å². The number of aryl methyl sites for hydroxylation is 1. The number of likely N-dealkylation sites (N-methyl/N-ethyl adjacent to an activating group) is 1. The molecule has 1 fully saturated rings. The van der Waals surface area contributed by atoms with Crippen molar-refractivity contribution in [1.82, 2.24) is 10.2 Å². The molecule has 138 valence electrons. The maximum absolute atomic E-state index is 12.1.